The average molecular weight is 439 g/mol. The summed E-state index contributed by atoms with van der Waals surface area (Å²) in [6.07, 6.45) is 4.29. The van der Waals surface area contributed by atoms with Gasteiger partial charge in [-0.3, -0.25) is 14.5 Å². The fourth-order valence-electron chi connectivity index (χ4n) is 4.43. The summed E-state index contributed by atoms with van der Waals surface area (Å²) in [6, 6.07) is 19.6. The van der Waals surface area contributed by atoms with Crippen LogP contribution in [-0.4, -0.2) is 31.9 Å². The number of nitrogens with zero attached hydrogens (tertiary/aromatic N) is 3. The Morgan fingerprint density at radius 3 is 2.70 bits per heavy atom. The second kappa shape index (κ2) is 8.64. The second-order valence-corrected chi connectivity index (χ2v) is 8.67. The number of rotatable bonds is 5. The number of aliphatic hydroxyl groups is 1. The van der Waals surface area contributed by atoms with Gasteiger partial charge in [0, 0.05) is 31.4 Å². The molecule has 0 spiro atoms. The molecule has 2 aromatic heterocycles. The lowest BCUT2D eigenvalue weighted by molar-refractivity contribution is 0.0853. The molecule has 1 aliphatic carbocycles. The van der Waals surface area contributed by atoms with Crippen LogP contribution in [-0.2, 0) is 19.9 Å². The van der Waals surface area contributed by atoms with Crippen molar-refractivity contribution in [3.05, 3.63) is 107 Å². The molecule has 2 aromatic carbocycles. The van der Waals surface area contributed by atoms with Gasteiger partial charge in [-0.2, -0.15) is 5.10 Å². The Morgan fingerprint density at radius 2 is 1.94 bits per heavy atom. The van der Waals surface area contributed by atoms with Crippen molar-refractivity contribution in [3.8, 4) is 11.3 Å². The van der Waals surface area contributed by atoms with Crippen LogP contribution < -0.4 is 5.32 Å². The van der Waals surface area contributed by atoms with Crippen molar-refractivity contribution in [1.82, 2.24) is 20.1 Å². The van der Waals surface area contributed by atoms with E-state index in [-0.39, 0.29) is 5.91 Å². The van der Waals surface area contributed by atoms with Crippen LogP contribution in [0.2, 0.25) is 0 Å². The molecule has 1 amide bonds. The van der Waals surface area contributed by atoms with Crippen LogP contribution in [0, 0.1) is 6.92 Å². The largest absolute Gasteiger partial charge is 0.390 e. The van der Waals surface area contributed by atoms with E-state index >= 15 is 0 Å². The predicted octanol–water partition coefficient (Wildman–Crippen LogP) is 3.77. The van der Waals surface area contributed by atoms with Gasteiger partial charge in [0.2, 0.25) is 0 Å². The number of nitrogens with one attached hydrogen (secondary N) is 1. The quantitative estimate of drug-likeness (QED) is 0.497. The van der Waals surface area contributed by atoms with E-state index in [9.17, 15) is 9.90 Å². The van der Waals surface area contributed by atoms with Crippen LogP contribution in [0.25, 0.3) is 11.3 Å². The number of benzene rings is 2. The summed E-state index contributed by atoms with van der Waals surface area (Å²) >= 11 is 0. The molecule has 33 heavy (non-hydrogen) atoms. The maximum Gasteiger partial charge on any atom is 0.270 e. The van der Waals surface area contributed by atoms with E-state index < -0.39 is 12.1 Å². The zero-order chi connectivity index (χ0) is 22.9. The molecule has 0 unspecified atom stereocenters. The SMILES string of the molecule is Cc1cnc(C(=O)N[C@H]2c3ccccc3C[C@H]2O)cc1Cc1ccc(-c2ccn(C)n2)cc1. The standard InChI is InChI=1S/C27H26N4O2/c1-17-16-28-24(27(33)29-26-22-6-4-3-5-20(22)15-25(26)32)14-21(17)13-18-7-9-19(10-8-18)23-11-12-31(2)30-23/h3-12,14,16,25-26,32H,13,15H2,1-2H3,(H,29,33)/t25-,26+/m1/s1. The summed E-state index contributed by atoms with van der Waals surface area (Å²) in [5.41, 5.74) is 7.65. The fourth-order valence-corrected chi connectivity index (χ4v) is 4.43. The van der Waals surface area contributed by atoms with Crippen LogP contribution in [0.15, 0.2) is 73.1 Å². The first-order valence-corrected chi connectivity index (χ1v) is 11.1. The van der Waals surface area contributed by atoms with Crippen molar-refractivity contribution in [1.29, 1.82) is 0 Å². The van der Waals surface area contributed by atoms with Crippen molar-refractivity contribution >= 4 is 5.91 Å². The molecule has 1 aliphatic rings. The van der Waals surface area contributed by atoms with E-state index in [1.807, 2.05) is 56.6 Å². The highest BCUT2D eigenvalue weighted by Gasteiger charge is 2.32. The first-order chi connectivity index (χ1) is 16.0. The number of fused-ring (bicyclic) bond motifs is 1. The van der Waals surface area contributed by atoms with Crippen molar-refractivity contribution in [2.45, 2.75) is 31.9 Å². The minimum Gasteiger partial charge on any atom is -0.390 e. The number of hydrogen-bond acceptors (Lipinski definition) is 4. The smallest absolute Gasteiger partial charge is 0.270 e. The first-order valence-electron chi connectivity index (χ1n) is 11.1. The molecule has 6 nitrogen and oxygen atoms in total. The number of hydrogen-bond donors (Lipinski definition) is 2. The predicted molar refractivity (Wildman–Crippen MR) is 127 cm³/mol. The van der Waals surface area contributed by atoms with Gasteiger partial charge in [-0.1, -0.05) is 48.5 Å². The Kier molecular flexibility index (Phi) is 5.52. The normalized spacial score (nSPS) is 17.1. The van der Waals surface area contributed by atoms with Crippen LogP contribution in [0.1, 0.15) is 44.3 Å². The highest BCUT2D eigenvalue weighted by molar-refractivity contribution is 5.93. The third kappa shape index (κ3) is 4.30. The summed E-state index contributed by atoms with van der Waals surface area (Å²) < 4.78 is 1.79. The molecular formula is C27H26N4O2. The third-order valence-corrected chi connectivity index (χ3v) is 6.30. The van der Waals surface area contributed by atoms with Crippen molar-refractivity contribution < 1.29 is 9.90 Å². The summed E-state index contributed by atoms with van der Waals surface area (Å²) in [5.74, 6) is -0.275. The van der Waals surface area contributed by atoms with Gasteiger partial charge in [0.1, 0.15) is 5.69 Å². The Bertz CT molecular complexity index is 1310. The molecule has 6 heteroatoms. The molecule has 0 aliphatic heterocycles. The summed E-state index contributed by atoms with van der Waals surface area (Å²) in [6.45, 7) is 2.00. The minimum absolute atomic E-state index is 0.275. The van der Waals surface area contributed by atoms with Gasteiger partial charge in [-0.25, -0.2) is 0 Å². The Labute approximate surface area is 192 Å². The lowest BCUT2D eigenvalue weighted by Gasteiger charge is -2.18. The minimum atomic E-state index is -0.631. The van der Waals surface area contributed by atoms with Crippen molar-refractivity contribution in [2.24, 2.45) is 7.05 Å². The van der Waals surface area contributed by atoms with E-state index in [2.05, 4.69) is 39.7 Å². The van der Waals surface area contributed by atoms with Gasteiger partial charge >= 0.3 is 0 Å². The number of aromatic nitrogens is 3. The number of pyridine rings is 1. The van der Waals surface area contributed by atoms with E-state index in [0.717, 1.165) is 39.1 Å². The van der Waals surface area contributed by atoms with Gasteiger partial charge < -0.3 is 10.4 Å². The molecule has 2 heterocycles. The number of carbonyl (C=O) groups is 1. The van der Waals surface area contributed by atoms with Gasteiger partial charge in [0.05, 0.1) is 17.8 Å². The molecule has 4 aromatic rings. The van der Waals surface area contributed by atoms with Gasteiger partial charge in [-0.15, -0.1) is 0 Å². The lowest BCUT2D eigenvalue weighted by Crippen LogP contribution is -2.34. The number of aliphatic hydroxyl groups excluding tert-OH is 1. The Morgan fingerprint density at radius 1 is 1.15 bits per heavy atom. The van der Waals surface area contributed by atoms with Gasteiger partial charge in [0.25, 0.3) is 5.91 Å². The topological polar surface area (TPSA) is 80.0 Å². The Balaban J connectivity index is 1.32. The number of aryl methyl sites for hydroxylation is 2. The van der Waals surface area contributed by atoms with Crippen LogP contribution >= 0.6 is 0 Å². The van der Waals surface area contributed by atoms with Crippen LogP contribution in [0.3, 0.4) is 0 Å². The van der Waals surface area contributed by atoms with Crippen LogP contribution in [0.5, 0.6) is 0 Å². The highest BCUT2D eigenvalue weighted by Crippen LogP contribution is 2.31. The maximum absolute atomic E-state index is 13.0. The van der Waals surface area contributed by atoms with Gasteiger partial charge in [-0.05, 0) is 53.3 Å². The molecule has 5 rings (SSSR count). The molecule has 0 fully saturated rings. The highest BCUT2D eigenvalue weighted by atomic mass is 16.3. The van der Waals surface area contributed by atoms with Crippen molar-refractivity contribution in [2.75, 3.05) is 0 Å². The van der Waals surface area contributed by atoms with Crippen molar-refractivity contribution in [3.63, 3.8) is 0 Å². The zero-order valence-corrected chi connectivity index (χ0v) is 18.7. The summed E-state index contributed by atoms with van der Waals surface area (Å²) in [4.78, 5) is 17.3. The second-order valence-electron chi connectivity index (χ2n) is 8.67. The van der Waals surface area contributed by atoms with E-state index in [0.29, 0.717) is 18.5 Å². The van der Waals surface area contributed by atoms with Gasteiger partial charge in [0.15, 0.2) is 0 Å². The molecule has 2 N–H and O–H groups in total. The lowest BCUT2D eigenvalue weighted by atomic mass is 9.99. The molecule has 2 atom stereocenters. The molecule has 0 saturated carbocycles. The fraction of sp³-hybridized carbons (Fsp3) is 0.222. The van der Waals surface area contributed by atoms with E-state index in [4.69, 9.17) is 0 Å². The molecular weight excluding hydrogens is 412 g/mol. The third-order valence-electron chi connectivity index (χ3n) is 6.30. The van der Waals surface area contributed by atoms with Crippen LogP contribution in [0.4, 0.5) is 0 Å². The molecule has 0 saturated heterocycles. The zero-order valence-electron chi connectivity index (χ0n) is 18.7. The monoisotopic (exact) mass is 438 g/mol. The molecule has 166 valence electrons. The van der Waals surface area contributed by atoms with E-state index in [1.54, 1.807) is 10.9 Å². The Hall–Kier alpha value is -3.77. The maximum atomic E-state index is 13.0. The van der Waals surface area contributed by atoms with E-state index in [1.165, 1.54) is 0 Å². The number of amides is 1. The average Bonchev–Trinajstić information content (AvgIpc) is 3.39. The summed E-state index contributed by atoms with van der Waals surface area (Å²) in [7, 11) is 1.91. The molecule has 0 radical (unpaired) electrons. The summed E-state index contributed by atoms with van der Waals surface area (Å²) in [5, 5.41) is 17.9. The first kappa shape index (κ1) is 21.1. The molecule has 0 bridgehead atoms. The number of carbonyl (C=O) groups excluding carboxylic acids is 1.